The summed E-state index contributed by atoms with van der Waals surface area (Å²) in [7, 11) is 0. The molecule has 5 nitrogen and oxygen atoms in total. The number of rotatable bonds is 4. The largest absolute Gasteiger partial charge is 0.335 e. The molecule has 0 spiro atoms. The second-order valence-corrected chi connectivity index (χ2v) is 6.28. The fourth-order valence-electron chi connectivity index (χ4n) is 3.36. The maximum Gasteiger partial charge on any atom is 0.315 e. The minimum atomic E-state index is -0.314. The lowest BCUT2D eigenvalue weighted by molar-refractivity contribution is 0.235. The van der Waals surface area contributed by atoms with Gasteiger partial charge in [-0.1, -0.05) is 18.2 Å². The van der Waals surface area contributed by atoms with E-state index < -0.39 is 0 Å². The van der Waals surface area contributed by atoms with Crippen LogP contribution in [0.5, 0.6) is 0 Å². The van der Waals surface area contributed by atoms with Gasteiger partial charge in [0.1, 0.15) is 5.82 Å². The van der Waals surface area contributed by atoms with E-state index in [1.54, 1.807) is 22.8 Å². The van der Waals surface area contributed by atoms with E-state index in [1.165, 1.54) is 12.1 Å². The Kier molecular flexibility index (Phi) is 5.16. The van der Waals surface area contributed by atoms with Crippen LogP contribution < -0.4 is 16.2 Å². The smallest absolute Gasteiger partial charge is 0.315 e. The summed E-state index contributed by atoms with van der Waals surface area (Å²) in [6, 6.07) is 9.39. The first-order valence-electron chi connectivity index (χ1n) is 8.57. The van der Waals surface area contributed by atoms with Crippen molar-refractivity contribution >= 4 is 6.03 Å². The number of halogens is 1. The zero-order valence-electron chi connectivity index (χ0n) is 14.2. The molecule has 0 bridgehead atoms. The van der Waals surface area contributed by atoms with Gasteiger partial charge in [0.15, 0.2) is 0 Å². The summed E-state index contributed by atoms with van der Waals surface area (Å²) >= 11 is 0. The molecule has 1 aliphatic carbocycles. The summed E-state index contributed by atoms with van der Waals surface area (Å²) in [6.45, 7) is 2.91. The van der Waals surface area contributed by atoms with Crippen molar-refractivity contribution in [3.8, 4) is 0 Å². The predicted molar refractivity (Wildman–Crippen MR) is 94.0 cm³/mol. The molecule has 1 heterocycles. The molecule has 2 N–H and O–H groups in total. The van der Waals surface area contributed by atoms with E-state index in [2.05, 4.69) is 10.6 Å². The van der Waals surface area contributed by atoms with Gasteiger partial charge >= 0.3 is 6.03 Å². The first kappa shape index (κ1) is 17.2. The highest BCUT2D eigenvalue weighted by Crippen LogP contribution is 2.20. The number of fused-ring (bicyclic) bond motifs is 1. The minimum absolute atomic E-state index is 0.0282. The van der Waals surface area contributed by atoms with Crippen molar-refractivity contribution in [1.29, 1.82) is 0 Å². The monoisotopic (exact) mass is 343 g/mol. The molecule has 0 saturated carbocycles. The van der Waals surface area contributed by atoms with Crippen molar-refractivity contribution in [2.45, 2.75) is 45.3 Å². The zero-order valence-corrected chi connectivity index (χ0v) is 14.2. The molecular formula is C19H22FN3O2. The number of amides is 2. The summed E-state index contributed by atoms with van der Waals surface area (Å²) in [5.74, 6) is -0.314. The first-order valence-corrected chi connectivity index (χ1v) is 8.57. The Morgan fingerprint density at radius 2 is 2.16 bits per heavy atom. The van der Waals surface area contributed by atoms with Gasteiger partial charge in [-0.25, -0.2) is 9.18 Å². The highest BCUT2D eigenvalue weighted by atomic mass is 19.1. The van der Waals surface area contributed by atoms with Crippen LogP contribution in [0.3, 0.4) is 0 Å². The van der Waals surface area contributed by atoms with Gasteiger partial charge in [-0.2, -0.15) is 0 Å². The summed E-state index contributed by atoms with van der Waals surface area (Å²) in [5, 5.41) is 5.72. The Hall–Kier alpha value is -2.63. The molecule has 2 amide bonds. The maximum absolute atomic E-state index is 13.1. The topological polar surface area (TPSA) is 63.1 Å². The first-order chi connectivity index (χ1) is 12.1. The summed E-state index contributed by atoms with van der Waals surface area (Å²) < 4.78 is 14.9. The predicted octanol–water partition coefficient (Wildman–Crippen LogP) is 2.36. The normalized spacial score (nSPS) is 16.2. The van der Waals surface area contributed by atoms with Crippen LogP contribution in [0.1, 0.15) is 30.2 Å². The van der Waals surface area contributed by atoms with E-state index in [0.29, 0.717) is 13.0 Å². The quantitative estimate of drug-likeness (QED) is 0.895. The van der Waals surface area contributed by atoms with Gasteiger partial charge in [0.25, 0.3) is 5.56 Å². The van der Waals surface area contributed by atoms with Gasteiger partial charge in [0, 0.05) is 30.9 Å². The number of hydrogen-bond donors (Lipinski definition) is 2. The molecule has 3 rings (SSSR count). The number of carbonyl (C=O) groups is 1. The molecule has 0 radical (unpaired) electrons. The van der Waals surface area contributed by atoms with Crippen LogP contribution in [-0.4, -0.2) is 16.6 Å². The van der Waals surface area contributed by atoms with Crippen molar-refractivity contribution in [2.75, 3.05) is 0 Å². The number of nitrogens with one attached hydrogen (secondary N) is 2. The van der Waals surface area contributed by atoms with E-state index in [4.69, 9.17) is 0 Å². The molecule has 0 fully saturated rings. The SMILES string of the molecule is CCn1c2c(ccc1=O)CC(NC(=O)NCc1cccc(F)c1)CC2. The van der Waals surface area contributed by atoms with Crippen LogP contribution in [0.4, 0.5) is 9.18 Å². The van der Waals surface area contributed by atoms with Crippen LogP contribution in [-0.2, 0) is 25.9 Å². The third-order valence-electron chi connectivity index (χ3n) is 4.58. The van der Waals surface area contributed by atoms with Crippen LogP contribution in [0.25, 0.3) is 0 Å². The molecule has 2 aromatic rings. The molecule has 6 heteroatoms. The fourth-order valence-corrected chi connectivity index (χ4v) is 3.36. The van der Waals surface area contributed by atoms with E-state index in [9.17, 15) is 14.0 Å². The average Bonchev–Trinajstić information content (AvgIpc) is 2.60. The standard InChI is InChI=1S/C19H22FN3O2/c1-2-23-17-8-7-16(11-14(17)6-9-18(23)24)22-19(25)21-12-13-4-3-5-15(20)10-13/h3-6,9-10,16H,2,7-8,11-12H2,1H3,(H2,21,22,25). The van der Waals surface area contributed by atoms with Crippen molar-refractivity contribution in [3.05, 3.63) is 69.4 Å². The number of urea groups is 1. The van der Waals surface area contributed by atoms with Gasteiger partial charge in [-0.3, -0.25) is 4.79 Å². The van der Waals surface area contributed by atoms with E-state index in [1.807, 2.05) is 13.0 Å². The zero-order chi connectivity index (χ0) is 17.8. The molecule has 0 saturated heterocycles. The molecule has 1 unspecified atom stereocenters. The number of benzene rings is 1. The summed E-state index contributed by atoms with van der Waals surface area (Å²) in [6.07, 6.45) is 2.28. The molecule has 132 valence electrons. The number of pyridine rings is 1. The van der Waals surface area contributed by atoms with E-state index in [-0.39, 0.29) is 30.0 Å². The van der Waals surface area contributed by atoms with E-state index >= 15 is 0 Å². The van der Waals surface area contributed by atoms with Crippen LogP contribution >= 0.6 is 0 Å². The Bertz CT molecular complexity index is 832. The summed E-state index contributed by atoms with van der Waals surface area (Å²) in [5.41, 5.74) is 2.94. The highest BCUT2D eigenvalue weighted by Gasteiger charge is 2.22. The number of hydrogen-bond acceptors (Lipinski definition) is 2. The van der Waals surface area contributed by atoms with Gasteiger partial charge in [-0.05, 0) is 49.4 Å². The van der Waals surface area contributed by atoms with Crippen molar-refractivity contribution in [3.63, 3.8) is 0 Å². The lowest BCUT2D eigenvalue weighted by Gasteiger charge is -2.27. The number of carbonyl (C=O) groups excluding carboxylic acids is 1. The van der Waals surface area contributed by atoms with Crippen LogP contribution in [0.2, 0.25) is 0 Å². The molecule has 1 aromatic carbocycles. The van der Waals surface area contributed by atoms with Crippen molar-refractivity contribution in [1.82, 2.24) is 15.2 Å². The molecule has 25 heavy (non-hydrogen) atoms. The third kappa shape index (κ3) is 4.07. The Balaban J connectivity index is 1.57. The molecule has 1 aromatic heterocycles. The van der Waals surface area contributed by atoms with Gasteiger partial charge in [0.2, 0.25) is 0 Å². The average molecular weight is 343 g/mol. The van der Waals surface area contributed by atoms with Gasteiger partial charge < -0.3 is 15.2 Å². The lowest BCUT2D eigenvalue weighted by atomic mass is 9.91. The minimum Gasteiger partial charge on any atom is -0.335 e. The van der Waals surface area contributed by atoms with Gasteiger partial charge in [-0.15, -0.1) is 0 Å². The fraction of sp³-hybridized carbons (Fsp3) is 0.368. The maximum atomic E-state index is 13.1. The van der Waals surface area contributed by atoms with E-state index in [0.717, 1.165) is 29.7 Å². The highest BCUT2D eigenvalue weighted by molar-refractivity contribution is 5.74. The lowest BCUT2D eigenvalue weighted by Crippen LogP contribution is -2.45. The Labute approximate surface area is 145 Å². The second kappa shape index (κ2) is 7.51. The van der Waals surface area contributed by atoms with Gasteiger partial charge in [0.05, 0.1) is 0 Å². The molecular weight excluding hydrogens is 321 g/mol. The Morgan fingerprint density at radius 3 is 2.92 bits per heavy atom. The molecule has 1 atom stereocenters. The van der Waals surface area contributed by atoms with Crippen LogP contribution in [0.15, 0.2) is 41.2 Å². The van der Waals surface area contributed by atoms with Crippen molar-refractivity contribution in [2.24, 2.45) is 0 Å². The number of aromatic nitrogens is 1. The third-order valence-corrected chi connectivity index (χ3v) is 4.58. The second-order valence-electron chi connectivity index (χ2n) is 6.28. The summed E-state index contributed by atoms with van der Waals surface area (Å²) in [4.78, 5) is 24.0. The molecule has 0 aliphatic heterocycles. The Morgan fingerprint density at radius 1 is 1.32 bits per heavy atom. The number of nitrogens with zero attached hydrogens (tertiary/aromatic N) is 1. The van der Waals surface area contributed by atoms with Crippen molar-refractivity contribution < 1.29 is 9.18 Å². The van der Waals surface area contributed by atoms with Crippen LogP contribution in [0, 0.1) is 5.82 Å². The molecule has 1 aliphatic rings.